The van der Waals surface area contributed by atoms with Gasteiger partial charge >= 0.3 is 0 Å². The highest BCUT2D eigenvalue weighted by Gasteiger charge is 2.17. The highest BCUT2D eigenvalue weighted by Crippen LogP contribution is 2.21. The van der Waals surface area contributed by atoms with Gasteiger partial charge in [-0.3, -0.25) is 15.0 Å². The maximum Gasteiger partial charge on any atom is 0.272 e. The molecule has 0 amide bonds. The van der Waals surface area contributed by atoms with Gasteiger partial charge in [0.1, 0.15) is 0 Å². The van der Waals surface area contributed by atoms with E-state index in [0.717, 1.165) is 17.7 Å². The van der Waals surface area contributed by atoms with Crippen molar-refractivity contribution in [1.29, 1.82) is 0 Å². The molecule has 5 heteroatoms. The summed E-state index contributed by atoms with van der Waals surface area (Å²) in [6, 6.07) is 5.80. The fraction of sp³-hybridized carbons (Fsp3) is 0.625. The first-order chi connectivity index (χ1) is 10.1. The molecule has 0 spiro atoms. The Hall–Kier alpha value is -1.46. The van der Waals surface area contributed by atoms with Crippen molar-refractivity contribution >= 4 is 5.69 Å². The van der Waals surface area contributed by atoms with E-state index in [2.05, 4.69) is 17.1 Å². The van der Waals surface area contributed by atoms with E-state index in [-0.39, 0.29) is 10.6 Å². The van der Waals surface area contributed by atoms with Crippen LogP contribution in [-0.4, -0.2) is 35.5 Å². The van der Waals surface area contributed by atoms with Crippen LogP contribution in [0.5, 0.6) is 0 Å². The Balaban J connectivity index is 1.85. The number of nitro benzene ring substituents is 1. The van der Waals surface area contributed by atoms with Gasteiger partial charge in [0.15, 0.2) is 0 Å². The number of hydrogen-bond donors (Lipinski definition) is 1. The molecule has 21 heavy (non-hydrogen) atoms. The number of nitro groups is 1. The van der Waals surface area contributed by atoms with Crippen molar-refractivity contribution in [2.45, 2.75) is 45.7 Å². The third-order valence-electron chi connectivity index (χ3n) is 4.38. The van der Waals surface area contributed by atoms with Gasteiger partial charge in [-0.25, -0.2) is 0 Å². The lowest BCUT2D eigenvalue weighted by Crippen LogP contribution is -2.43. The first-order valence-electron chi connectivity index (χ1n) is 7.77. The van der Waals surface area contributed by atoms with E-state index in [1.54, 1.807) is 12.1 Å². The third-order valence-corrected chi connectivity index (χ3v) is 4.38. The topological polar surface area (TPSA) is 58.4 Å². The molecular formula is C16H25N3O2. The van der Waals surface area contributed by atoms with Crippen LogP contribution in [0.4, 0.5) is 5.69 Å². The van der Waals surface area contributed by atoms with Gasteiger partial charge in [-0.2, -0.15) is 0 Å². The lowest BCUT2D eigenvalue weighted by molar-refractivity contribution is -0.385. The van der Waals surface area contributed by atoms with E-state index in [9.17, 15) is 10.1 Å². The van der Waals surface area contributed by atoms with Gasteiger partial charge < -0.3 is 5.32 Å². The van der Waals surface area contributed by atoms with Crippen LogP contribution in [0.25, 0.3) is 0 Å². The van der Waals surface area contributed by atoms with Crippen LogP contribution >= 0.6 is 0 Å². The van der Waals surface area contributed by atoms with Gasteiger partial charge in [0, 0.05) is 30.8 Å². The second kappa shape index (κ2) is 7.52. The molecule has 0 aromatic heterocycles. The van der Waals surface area contributed by atoms with Gasteiger partial charge in [0.2, 0.25) is 0 Å². The fourth-order valence-electron chi connectivity index (χ4n) is 2.96. The fourth-order valence-corrected chi connectivity index (χ4v) is 2.96. The Morgan fingerprint density at radius 3 is 2.71 bits per heavy atom. The predicted molar refractivity (Wildman–Crippen MR) is 84.4 cm³/mol. The quantitative estimate of drug-likeness (QED) is 0.647. The van der Waals surface area contributed by atoms with Crippen LogP contribution in [0.3, 0.4) is 0 Å². The summed E-state index contributed by atoms with van der Waals surface area (Å²) in [5.41, 5.74) is 1.98. The molecule has 1 aromatic carbocycles. The molecule has 116 valence electrons. The molecule has 1 heterocycles. The molecule has 1 unspecified atom stereocenters. The molecular weight excluding hydrogens is 266 g/mol. The standard InChI is InChI=1S/C16H25N3O2/c1-13(18-9-4-3-5-10-18)11-17-12-15-7-6-8-16(14(15)2)19(20)21/h6-8,13,17H,3-5,9-12H2,1-2H3. The van der Waals surface area contributed by atoms with Gasteiger partial charge in [-0.05, 0) is 45.3 Å². The van der Waals surface area contributed by atoms with Crippen molar-refractivity contribution in [2.24, 2.45) is 0 Å². The Kier molecular flexibility index (Phi) is 5.70. The number of nitrogens with zero attached hydrogens (tertiary/aromatic N) is 2. The molecule has 1 saturated heterocycles. The molecule has 1 fully saturated rings. The minimum Gasteiger partial charge on any atom is -0.311 e. The molecule has 1 aliphatic rings. The summed E-state index contributed by atoms with van der Waals surface area (Å²) in [4.78, 5) is 13.2. The molecule has 0 bridgehead atoms. The lowest BCUT2D eigenvalue weighted by atomic mass is 10.1. The number of likely N-dealkylation sites (tertiary alicyclic amines) is 1. The average Bonchev–Trinajstić information content (AvgIpc) is 2.49. The number of nitrogens with one attached hydrogen (secondary N) is 1. The Morgan fingerprint density at radius 1 is 1.33 bits per heavy atom. The maximum atomic E-state index is 10.9. The van der Waals surface area contributed by atoms with Crippen molar-refractivity contribution in [2.75, 3.05) is 19.6 Å². The van der Waals surface area contributed by atoms with E-state index >= 15 is 0 Å². The number of piperidine rings is 1. The molecule has 0 saturated carbocycles. The van der Waals surface area contributed by atoms with Gasteiger partial charge in [-0.15, -0.1) is 0 Å². The van der Waals surface area contributed by atoms with Crippen molar-refractivity contribution in [1.82, 2.24) is 10.2 Å². The van der Waals surface area contributed by atoms with Crippen molar-refractivity contribution < 1.29 is 4.92 Å². The summed E-state index contributed by atoms with van der Waals surface area (Å²) in [5.74, 6) is 0. The van der Waals surface area contributed by atoms with Gasteiger partial charge in [0.05, 0.1) is 4.92 Å². The Bertz CT molecular complexity index is 484. The van der Waals surface area contributed by atoms with Crippen LogP contribution < -0.4 is 5.32 Å². The number of hydrogen-bond acceptors (Lipinski definition) is 4. The summed E-state index contributed by atoms with van der Waals surface area (Å²) in [6.07, 6.45) is 3.95. The second-order valence-electron chi connectivity index (χ2n) is 5.89. The summed E-state index contributed by atoms with van der Waals surface area (Å²) in [7, 11) is 0. The zero-order valence-corrected chi connectivity index (χ0v) is 13.0. The molecule has 0 radical (unpaired) electrons. The van der Waals surface area contributed by atoms with E-state index in [4.69, 9.17) is 0 Å². The zero-order valence-electron chi connectivity index (χ0n) is 13.0. The summed E-state index contributed by atoms with van der Waals surface area (Å²) >= 11 is 0. The first-order valence-corrected chi connectivity index (χ1v) is 7.77. The molecule has 2 rings (SSSR count). The highest BCUT2D eigenvalue weighted by atomic mass is 16.6. The van der Waals surface area contributed by atoms with Crippen molar-refractivity contribution in [3.63, 3.8) is 0 Å². The minimum absolute atomic E-state index is 0.207. The normalized spacial score (nSPS) is 17.6. The van der Waals surface area contributed by atoms with Gasteiger partial charge in [0.25, 0.3) is 5.69 Å². The van der Waals surface area contributed by atoms with Crippen LogP contribution in [0.1, 0.15) is 37.3 Å². The Morgan fingerprint density at radius 2 is 2.05 bits per heavy atom. The first kappa shape index (κ1) is 15.9. The molecule has 0 aliphatic carbocycles. The Labute approximate surface area is 126 Å². The molecule has 1 aromatic rings. The smallest absolute Gasteiger partial charge is 0.272 e. The zero-order chi connectivity index (χ0) is 15.2. The largest absolute Gasteiger partial charge is 0.311 e. The second-order valence-corrected chi connectivity index (χ2v) is 5.89. The summed E-state index contributed by atoms with van der Waals surface area (Å²) in [5, 5.41) is 14.4. The number of benzene rings is 1. The minimum atomic E-state index is -0.310. The molecule has 1 aliphatic heterocycles. The van der Waals surface area contributed by atoms with Crippen LogP contribution in [0, 0.1) is 17.0 Å². The van der Waals surface area contributed by atoms with E-state index in [1.165, 1.54) is 32.4 Å². The van der Waals surface area contributed by atoms with Crippen LogP contribution in [0.15, 0.2) is 18.2 Å². The molecule has 5 nitrogen and oxygen atoms in total. The molecule has 1 atom stereocenters. The van der Waals surface area contributed by atoms with E-state index in [1.807, 2.05) is 13.0 Å². The average molecular weight is 291 g/mol. The maximum absolute atomic E-state index is 10.9. The highest BCUT2D eigenvalue weighted by molar-refractivity contribution is 5.44. The lowest BCUT2D eigenvalue weighted by Gasteiger charge is -2.32. The SMILES string of the molecule is Cc1c(CNCC(C)N2CCCCC2)cccc1[N+](=O)[O-]. The number of rotatable bonds is 6. The van der Waals surface area contributed by atoms with Crippen LogP contribution in [-0.2, 0) is 6.54 Å². The van der Waals surface area contributed by atoms with E-state index in [0.29, 0.717) is 12.6 Å². The van der Waals surface area contributed by atoms with Crippen molar-refractivity contribution in [3.8, 4) is 0 Å². The van der Waals surface area contributed by atoms with Crippen LogP contribution in [0.2, 0.25) is 0 Å². The van der Waals surface area contributed by atoms with Crippen molar-refractivity contribution in [3.05, 3.63) is 39.4 Å². The monoisotopic (exact) mass is 291 g/mol. The predicted octanol–water partition coefficient (Wildman–Crippen LogP) is 2.87. The molecule has 1 N–H and O–H groups in total. The van der Waals surface area contributed by atoms with E-state index < -0.39 is 0 Å². The summed E-state index contributed by atoms with van der Waals surface area (Å²) < 4.78 is 0. The summed E-state index contributed by atoms with van der Waals surface area (Å²) in [6.45, 7) is 8.06. The van der Waals surface area contributed by atoms with Gasteiger partial charge in [-0.1, -0.05) is 18.6 Å². The third kappa shape index (κ3) is 4.25.